The third-order valence-corrected chi connectivity index (χ3v) is 8.16. The van der Waals surface area contributed by atoms with Gasteiger partial charge in [0.25, 0.3) is 10.0 Å². The maximum atomic E-state index is 13.0. The lowest BCUT2D eigenvalue weighted by atomic mass is 10.1. The first-order chi connectivity index (χ1) is 13.1. The molecule has 0 aliphatic rings. The summed E-state index contributed by atoms with van der Waals surface area (Å²) in [4.78, 5) is 4.28. The first-order valence-electron chi connectivity index (χ1n) is 8.10. The number of rotatable bonds is 6. The third kappa shape index (κ3) is 4.64. The van der Waals surface area contributed by atoms with E-state index in [0.717, 1.165) is 17.6 Å². The number of halogens is 1. The Hall–Kier alpha value is -2.14. The lowest BCUT2D eigenvalue weighted by Crippen LogP contribution is -2.26. The Balaban J connectivity index is 1.79. The van der Waals surface area contributed by atoms with Crippen molar-refractivity contribution < 1.29 is 21.2 Å². The molecule has 0 saturated heterocycles. The van der Waals surface area contributed by atoms with Gasteiger partial charge in [0.1, 0.15) is 10.8 Å². The maximum Gasteiger partial charge on any atom is 0.252 e. The van der Waals surface area contributed by atoms with Crippen molar-refractivity contribution in [3.63, 3.8) is 0 Å². The van der Waals surface area contributed by atoms with Crippen molar-refractivity contribution in [2.75, 3.05) is 6.26 Å². The highest BCUT2D eigenvalue weighted by Crippen LogP contribution is 2.29. The SMILES string of the molecule is CC(NS(=O)(=O)c1cnc(-c2ccc(F)cc2)s1)c1ccc(S(C)(=O)=O)cc1. The molecule has 1 atom stereocenters. The zero-order valence-corrected chi connectivity index (χ0v) is 17.4. The first kappa shape index (κ1) is 20.6. The van der Waals surface area contributed by atoms with Gasteiger partial charge in [0, 0.05) is 17.9 Å². The Morgan fingerprint density at radius 3 is 2.18 bits per heavy atom. The summed E-state index contributed by atoms with van der Waals surface area (Å²) < 4.78 is 64.0. The largest absolute Gasteiger partial charge is 0.252 e. The van der Waals surface area contributed by atoms with E-state index in [9.17, 15) is 21.2 Å². The van der Waals surface area contributed by atoms with Gasteiger partial charge in [-0.2, -0.15) is 0 Å². The normalized spacial score (nSPS) is 13.4. The Morgan fingerprint density at radius 1 is 1.00 bits per heavy atom. The van der Waals surface area contributed by atoms with Gasteiger partial charge in [-0.1, -0.05) is 12.1 Å². The van der Waals surface area contributed by atoms with E-state index in [2.05, 4.69) is 9.71 Å². The highest BCUT2D eigenvalue weighted by molar-refractivity contribution is 7.91. The number of nitrogens with zero attached hydrogens (tertiary/aromatic N) is 1. The van der Waals surface area contributed by atoms with Crippen LogP contribution in [0.25, 0.3) is 10.6 Å². The van der Waals surface area contributed by atoms with Crippen LogP contribution < -0.4 is 4.72 Å². The van der Waals surface area contributed by atoms with Crippen molar-refractivity contribution in [3.8, 4) is 10.6 Å². The summed E-state index contributed by atoms with van der Waals surface area (Å²) in [6, 6.07) is 11.1. The zero-order chi connectivity index (χ0) is 20.5. The molecule has 0 aliphatic heterocycles. The predicted molar refractivity (Wildman–Crippen MR) is 106 cm³/mol. The van der Waals surface area contributed by atoms with E-state index in [0.29, 0.717) is 16.1 Å². The molecule has 0 spiro atoms. The van der Waals surface area contributed by atoms with E-state index < -0.39 is 25.9 Å². The molecule has 148 valence electrons. The maximum absolute atomic E-state index is 13.0. The van der Waals surface area contributed by atoms with Gasteiger partial charge in [0.15, 0.2) is 14.0 Å². The Labute approximate surface area is 167 Å². The van der Waals surface area contributed by atoms with E-state index in [1.165, 1.54) is 42.6 Å². The summed E-state index contributed by atoms with van der Waals surface area (Å²) >= 11 is 0.978. The van der Waals surface area contributed by atoms with Gasteiger partial charge in [-0.05, 0) is 48.9 Å². The van der Waals surface area contributed by atoms with Gasteiger partial charge in [0.05, 0.1) is 11.1 Å². The van der Waals surface area contributed by atoms with Gasteiger partial charge >= 0.3 is 0 Å². The van der Waals surface area contributed by atoms with E-state index in [1.54, 1.807) is 19.1 Å². The number of aromatic nitrogens is 1. The van der Waals surface area contributed by atoms with Crippen molar-refractivity contribution in [3.05, 3.63) is 66.1 Å². The van der Waals surface area contributed by atoms with Crippen LogP contribution in [0.5, 0.6) is 0 Å². The van der Waals surface area contributed by atoms with E-state index >= 15 is 0 Å². The summed E-state index contributed by atoms with van der Waals surface area (Å²) in [5.41, 5.74) is 1.25. The van der Waals surface area contributed by atoms with Crippen molar-refractivity contribution in [2.45, 2.75) is 22.1 Å². The molecule has 0 fully saturated rings. The highest BCUT2D eigenvalue weighted by atomic mass is 32.2. The van der Waals surface area contributed by atoms with Gasteiger partial charge in [-0.25, -0.2) is 30.9 Å². The smallest absolute Gasteiger partial charge is 0.243 e. The van der Waals surface area contributed by atoms with Crippen LogP contribution in [-0.2, 0) is 19.9 Å². The molecule has 1 aromatic heterocycles. The van der Waals surface area contributed by atoms with Crippen LogP contribution in [0.15, 0.2) is 63.8 Å². The molecule has 6 nitrogen and oxygen atoms in total. The number of hydrogen-bond donors (Lipinski definition) is 1. The van der Waals surface area contributed by atoms with Crippen molar-refractivity contribution in [2.24, 2.45) is 0 Å². The van der Waals surface area contributed by atoms with Crippen molar-refractivity contribution in [1.82, 2.24) is 9.71 Å². The summed E-state index contributed by atoms with van der Waals surface area (Å²) in [6.45, 7) is 1.66. The van der Waals surface area contributed by atoms with E-state index in [-0.39, 0.29) is 14.9 Å². The number of benzene rings is 2. The van der Waals surface area contributed by atoms with Crippen LogP contribution >= 0.6 is 11.3 Å². The van der Waals surface area contributed by atoms with Crippen LogP contribution in [0.2, 0.25) is 0 Å². The quantitative estimate of drug-likeness (QED) is 0.634. The highest BCUT2D eigenvalue weighted by Gasteiger charge is 2.22. The number of sulfone groups is 1. The second-order valence-corrected chi connectivity index (χ2v) is 11.2. The molecule has 1 N–H and O–H groups in total. The summed E-state index contributed by atoms with van der Waals surface area (Å²) in [5.74, 6) is -0.384. The first-order valence-corrected chi connectivity index (χ1v) is 12.3. The van der Waals surface area contributed by atoms with Crippen LogP contribution in [0.1, 0.15) is 18.5 Å². The number of thiazole rings is 1. The average molecular weight is 441 g/mol. The number of sulfonamides is 1. The van der Waals surface area contributed by atoms with E-state index in [4.69, 9.17) is 0 Å². The Kier molecular flexibility index (Phi) is 5.67. The average Bonchev–Trinajstić information content (AvgIpc) is 3.12. The molecular formula is C18H17FN2O4S3. The number of nitrogens with one attached hydrogen (secondary N) is 1. The van der Waals surface area contributed by atoms with Gasteiger partial charge in [-0.3, -0.25) is 0 Å². The van der Waals surface area contributed by atoms with Gasteiger partial charge in [0.2, 0.25) is 0 Å². The molecule has 3 rings (SSSR count). The second-order valence-electron chi connectivity index (χ2n) is 6.18. The van der Waals surface area contributed by atoms with Crippen LogP contribution in [-0.4, -0.2) is 28.1 Å². The molecule has 10 heteroatoms. The van der Waals surface area contributed by atoms with Crippen molar-refractivity contribution >= 4 is 31.2 Å². The van der Waals surface area contributed by atoms with Gasteiger partial charge < -0.3 is 0 Å². The minimum atomic E-state index is -3.83. The molecule has 1 unspecified atom stereocenters. The Bertz CT molecular complexity index is 1190. The zero-order valence-electron chi connectivity index (χ0n) is 15.0. The Morgan fingerprint density at radius 2 is 1.61 bits per heavy atom. The fraction of sp³-hybridized carbons (Fsp3) is 0.167. The summed E-state index contributed by atoms with van der Waals surface area (Å²) in [5, 5.41) is 0.463. The van der Waals surface area contributed by atoms with Crippen LogP contribution in [0, 0.1) is 5.82 Å². The standard InChI is InChI=1S/C18H17FN2O4S3/c1-12(13-5-9-16(10-6-13)27(2,22)23)21-28(24,25)17-11-20-18(26-17)14-3-7-15(19)8-4-14/h3-12,21H,1-2H3. The van der Waals surface area contributed by atoms with E-state index in [1.807, 2.05) is 0 Å². The summed E-state index contributed by atoms with van der Waals surface area (Å²) in [6.07, 6.45) is 2.36. The molecule has 2 aromatic carbocycles. The van der Waals surface area contributed by atoms with Gasteiger partial charge in [-0.15, -0.1) is 11.3 Å². The lowest BCUT2D eigenvalue weighted by Gasteiger charge is -2.14. The second kappa shape index (κ2) is 7.70. The minimum absolute atomic E-state index is 0.0337. The summed E-state index contributed by atoms with van der Waals surface area (Å²) in [7, 11) is -7.15. The lowest BCUT2D eigenvalue weighted by molar-refractivity contribution is 0.568. The van der Waals surface area contributed by atoms with Crippen molar-refractivity contribution in [1.29, 1.82) is 0 Å². The number of hydrogen-bond acceptors (Lipinski definition) is 6. The molecule has 28 heavy (non-hydrogen) atoms. The molecule has 0 bridgehead atoms. The molecule has 0 radical (unpaired) electrons. The molecule has 0 amide bonds. The molecular weight excluding hydrogens is 423 g/mol. The minimum Gasteiger partial charge on any atom is -0.243 e. The monoisotopic (exact) mass is 440 g/mol. The van der Waals surface area contributed by atoms with Crippen LogP contribution in [0.3, 0.4) is 0 Å². The molecule has 0 aliphatic carbocycles. The molecule has 1 heterocycles. The predicted octanol–water partition coefficient (Wildman–Crippen LogP) is 3.39. The fourth-order valence-corrected chi connectivity index (χ4v) is 5.49. The topological polar surface area (TPSA) is 93.2 Å². The molecule has 3 aromatic rings. The van der Waals surface area contributed by atoms with Crippen LogP contribution in [0.4, 0.5) is 4.39 Å². The molecule has 0 saturated carbocycles. The fourth-order valence-electron chi connectivity index (χ4n) is 2.47. The third-order valence-electron chi connectivity index (χ3n) is 3.98.